The summed E-state index contributed by atoms with van der Waals surface area (Å²) in [7, 11) is 1.88. The fraction of sp³-hybridized carbons (Fsp3) is 0.125. The number of nitriles is 1. The molecule has 0 atom stereocenters. The van der Waals surface area contributed by atoms with Crippen molar-refractivity contribution in [1.29, 1.82) is 5.26 Å². The number of nitrogens with two attached hydrogens (primary N) is 1. The molecule has 2 aromatic carbocycles. The van der Waals surface area contributed by atoms with Gasteiger partial charge in [0.25, 0.3) is 5.91 Å². The van der Waals surface area contributed by atoms with Crippen molar-refractivity contribution in [2.24, 2.45) is 5.84 Å². The topological polar surface area (TPSA) is 82.2 Å². The minimum Gasteiger partial charge on any atom is -0.369 e. The SMILES string of the molecule is CN(Cc1ccccc1C(=O)NN)c1ccccc1C#N. The number of nitrogens with zero attached hydrogens (tertiary/aromatic N) is 2. The van der Waals surface area contributed by atoms with Crippen LogP contribution in [0.15, 0.2) is 48.5 Å². The van der Waals surface area contributed by atoms with E-state index in [0.717, 1.165) is 11.3 Å². The number of hydrogen-bond acceptors (Lipinski definition) is 4. The van der Waals surface area contributed by atoms with Crippen molar-refractivity contribution < 1.29 is 4.79 Å². The van der Waals surface area contributed by atoms with E-state index in [4.69, 9.17) is 11.1 Å². The van der Waals surface area contributed by atoms with E-state index in [1.165, 1.54) is 0 Å². The first-order chi connectivity index (χ1) is 10.2. The predicted molar refractivity (Wildman–Crippen MR) is 81.4 cm³/mol. The van der Waals surface area contributed by atoms with Gasteiger partial charge < -0.3 is 4.90 Å². The van der Waals surface area contributed by atoms with Crippen LogP contribution in [0.4, 0.5) is 5.69 Å². The summed E-state index contributed by atoms with van der Waals surface area (Å²) in [6.07, 6.45) is 0. The van der Waals surface area contributed by atoms with Crippen molar-refractivity contribution in [1.82, 2.24) is 5.43 Å². The molecule has 0 bridgehead atoms. The molecule has 106 valence electrons. The minimum absolute atomic E-state index is 0.326. The number of benzene rings is 2. The summed E-state index contributed by atoms with van der Waals surface area (Å²) in [5.74, 6) is 4.88. The fourth-order valence-corrected chi connectivity index (χ4v) is 2.20. The van der Waals surface area contributed by atoms with Crippen LogP contribution < -0.4 is 16.2 Å². The van der Waals surface area contributed by atoms with Crippen molar-refractivity contribution in [3.8, 4) is 6.07 Å². The third-order valence-corrected chi connectivity index (χ3v) is 3.24. The number of rotatable bonds is 4. The van der Waals surface area contributed by atoms with E-state index in [1.54, 1.807) is 18.2 Å². The summed E-state index contributed by atoms with van der Waals surface area (Å²) in [5, 5.41) is 9.16. The molecular weight excluding hydrogens is 264 g/mol. The molecule has 2 aromatic rings. The number of nitrogen functional groups attached to an aromatic ring is 1. The van der Waals surface area contributed by atoms with Gasteiger partial charge in [-0.2, -0.15) is 5.26 Å². The first kappa shape index (κ1) is 14.6. The molecule has 0 saturated carbocycles. The standard InChI is InChI=1S/C16H16N4O/c1-20(15-9-5-3-6-12(15)10-17)11-13-7-2-4-8-14(13)16(21)19-18/h2-9H,11,18H2,1H3,(H,19,21). The molecule has 0 heterocycles. The van der Waals surface area contributed by atoms with Crippen molar-refractivity contribution >= 4 is 11.6 Å². The van der Waals surface area contributed by atoms with Crippen LogP contribution >= 0.6 is 0 Å². The molecular formula is C16H16N4O. The van der Waals surface area contributed by atoms with E-state index < -0.39 is 0 Å². The van der Waals surface area contributed by atoms with Gasteiger partial charge in [-0.05, 0) is 23.8 Å². The summed E-state index contributed by atoms with van der Waals surface area (Å²) in [4.78, 5) is 13.7. The fourth-order valence-electron chi connectivity index (χ4n) is 2.20. The molecule has 3 N–H and O–H groups in total. The Labute approximate surface area is 123 Å². The Bertz CT molecular complexity index is 691. The van der Waals surface area contributed by atoms with Crippen molar-refractivity contribution in [2.75, 3.05) is 11.9 Å². The molecule has 5 heteroatoms. The minimum atomic E-state index is -0.326. The second-order valence-corrected chi connectivity index (χ2v) is 4.62. The van der Waals surface area contributed by atoms with Gasteiger partial charge in [-0.25, -0.2) is 5.84 Å². The average Bonchev–Trinajstić information content (AvgIpc) is 2.54. The van der Waals surface area contributed by atoms with Crippen LogP contribution in [0.3, 0.4) is 0 Å². The summed E-state index contributed by atoms with van der Waals surface area (Å²) >= 11 is 0. The van der Waals surface area contributed by atoms with Crippen LogP contribution in [0, 0.1) is 11.3 Å². The molecule has 0 saturated heterocycles. The molecule has 0 aliphatic heterocycles. The Balaban J connectivity index is 2.30. The number of amides is 1. The van der Waals surface area contributed by atoms with Gasteiger partial charge in [-0.1, -0.05) is 30.3 Å². The Kier molecular flexibility index (Phi) is 4.54. The lowest BCUT2D eigenvalue weighted by Crippen LogP contribution is -2.31. The maximum Gasteiger partial charge on any atom is 0.265 e. The van der Waals surface area contributed by atoms with Gasteiger partial charge in [0, 0.05) is 19.2 Å². The number of nitrogens with one attached hydrogen (secondary N) is 1. The van der Waals surface area contributed by atoms with Gasteiger partial charge in [-0.3, -0.25) is 10.2 Å². The molecule has 1 amide bonds. The maximum atomic E-state index is 11.8. The van der Waals surface area contributed by atoms with Gasteiger partial charge in [0.1, 0.15) is 6.07 Å². The van der Waals surface area contributed by atoms with E-state index in [1.807, 2.05) is 42.3 Å². The molecule has 0 aliphatic rings. The maximum absolute atomic E-state index is 11.8. The van der Waals surface area contributed by atoms with E-state index >= 15 is 0 Å². The van der Waals surface area contributed by atoms with Crippen molar-refractivity contribution in [3.05, 3.63) is 65.2 Å². The van der Waals surface area contributed by atoms with E-state index in [-0.39, 0.29) is 5.91 Å². The smallest absolute Gasteiger partial charge is 0.265 e. The molecule has 5 nitrogen and oxygen atoms in total. The first-order valence-electron chi connectivity index (χ1n) is 6.46. The Morgan fingerprint density at radius 2 is 1.90 bits per heavy atom. The van der Waals surface area contributed by atoms with Crippen LogP contribution in [0.1, 0.15) is 21.5 Å². The third kappa shape index (κ3) is 3.19. The van der Waals surface area contributed by atoms with Crippen LogP contribution in [0.5, 0.6) is 0 Å². The number of carbonyl (C=O) groups is 1. The largest absolute Gasteiger partial charge is 0.369 e. The highest BCUT2D eigenvalue weighted by Gasteiger charge is 2.13. The quantitative estimate of drug-likeness (QED) is 0.508. The normalized spacial score (nSPS) is 9.76. The van der Waals surface area contributed by atoms with Crippen molar-refractivity contribution in [2.45, 2.75) is 6.54 Å². The number of para-hydroxylation sites is 1. The number of anilines is 1. The van der Waals surface area contributed by atoms with Gasteiger partial charge in [0.15, 0.2) is 0 Å². The molecule has 21 heavy (non-hydrogen) atoms. The number of carbonyl (C=O) groups excluding carboxylic acids is 1. The Morgan fingerprint density at radius 3 is 2.62 bits per heavy atom. The van der Waals surface area contributed by atoms with Gasteiger partial charge in [-0.15, -0.1) is 0 Å². The first-order valence-corrected chi connectivity index (χ1v) is 6.46. The van der Waals surface area contributed by atoms with Gasteiger partial charge in [0.05, 0.1) is 11.3 Å². The van der Waals surface area contributed by atoms with Gasteiger partial charge >= 0.3 is 0 Å². The highest BCUT2D eigenvalue weighted by atomic mass is 16.2. The molecule has 0 fully saturated rings. The monoisotopic (exact) mass is 280 g/mol. The summed E-state index contributed by atoms with van der Waals surface area (Å²) < 4.78 is 0. The molecule has 0 aliphatic carbocycles. The van der Waals surface area contributed by atoms with E-state index in [2.05, 4.69) is 11.5 Å². The molecule has 0 aromatic heterocycles. The molecule has 2 rings (SSSR count). The highest BCUT2D eigenvalue weighted by Crippen LogP contribution is 2.21. The van der Waals surface area contributed by atoms with Crippen LogP contribution in [-0.4, -0.2) is 13.0 Å². The van der Waals surface area contributed by atoms with E-state index in [9.17, 15) is 4.79 Å². The summed E-state index contributed by atoms with van der Waals surface area (Å²) in [6.45, 7) is 0.502. The third-order valence-electron chi connectivity index (χ3n) is 3.24. The predicted octanol–water partition coefficient (Wildman–Crippen LogP) is 1.80. The zero-order chi connectivity index (χ0) is 15.2. The second kappa shape index (κ2) is 6.55. The Hall–Kier alpha value is -2.84. The highest BCUT2D eigenvalue weighted by molar-refractivity contribution is 5.95. The van der Waals surface area contributed by atoms with Crippen molar-refractivity contribution in [3.63, 3.8) is 0 Å². The lowest BCUT2D eigenvalue weighted by Gasteiger charge is -2.21. The summed E-state index contributed by atoms with van der Waals surface area (Å²) in [6, 6.07) is 16.8. The summed E-state index contributed by atoms with van der Waals surface area (Å²) in [5.41, 5.74) is 4.94. The number of hydrogen-bond donors (Lipinski definition) is 2. The molecule has 0 unspecified atom stereocenters. The lowest BCUT2D eigenvalue weighted by molar-refractivity contribution is 0.0952. The van der Waals surface area contributed by atoms with Gasteiger partial charge in [0.2, 0.25) is 0 Å². The van der Waals surface area contributed by atoms with Crippen LogP contribution in [0.25, 0.3) is 0 Å². The van der Waals surface area contributed by atoms with Crippen LogP contribution in [0.2, 0.25) is 0 Å². The average molecular weight is 280 g/mol. The lowest BCUT2D eigenvalue weighted by atomic mass is 10.1. The zero-order valence-corrected chi connectivity index (χ0v) is 11.7. The second-order valence-electron chi connectivity index (χ2n) is 4.62. The van der Waals surface area contributed by atoms with E-state index in [0.29, 0.717) is 17.7 Å². The molecule has 0 spiro atoms. The Morgan fingerprint density at radius 1 is 1.24 bits per heavy atom. The van der Waals surface area contributed by atoms with Crippen LogP contribution in [-0.2, 0) is 6.54 Å². The molecule has 0 radical (unpaired) electrons. The zero-order valence-electron chi connectivity index (χ0n) is 11.7. The number of hydrazine groups is 1.